The third-order valence-electron chi connectivity index (χ3n) is 3.89. The van der Waals surface area contributed by atoms with Crippen molar-refractivity contribution in [1.29, 1.82) is 0 Å². The molecule has 2 fully saturated rings. The Morgan fingerprint density at radius 1 is 1.12 bits per heavy atom. The lowest BCUT2D eigenvalue weighted by atomic mass is 10.1. The Hall–Kier alpha value is -0.160. The van der Waals surface area contributed by atoms with Crippen LogP contribution in [0.2, 0.25) is 0 Å². The fourth-order valence-corrected chi connectivity index (χ4v) is 2.66. The van der Waals surface area contributed by atoms with Crippen molar-refractivity contribution >= 4 is 0 Å². The highest BCUT2D eigenvalue weighted by atomic mass is 16.5. The molecule has 2 aliphatic heterocycles. The van der Waals surface area contributed by atoms with Crippen LogP contribution in [0.5, 0.6) is 0 Å². The summed E-state index contributed by atoms with van der Waals surface area (Å²) in [7, 11) is 2.20. The number of hydrogen-bond donors (Lipinski definition) is 1. The van der Waals surface area contributed by atoms with E-state index in [2.05, 4.69) is 42.9 Å². The largest absolute Gasteiger partial charge is 0.354 e. The zero-order valence-corrected chi connectivity index (χ0v) is 11.8. The van der Waals surface area contributed by atoms with Crippen LogP contribution in [0.3, 0.4) is 0 Å². The second kappa shape index (κ2) is 4.84. The molecular weight excluding hydrogens is 214 g/mol. The molecule has 1 N–H and O–H groups in total. The average Bonchev–Trinajstić information content (AvgIpc) is 2.53. The topological polar surface area (TPSA) is 27.7 Å². The van der Waals surface area contributed by atoms with Crippen molar-refractivity contribution in [2.45, 2.75) is 38.5 Å². The fraction of sp³-hybridized carbons (Fsp3) is 1.00. The van der Waals surface area contributed by atoms with Gasteiger partial charge in [0, 0.05) is 45.7 Å². The van der Waals surface area contributed by atoms with E-state index in [1.165, 1.54) is 26.2 Å². The fourth-order valence-electron chi connectivity index (χ4n) is 2.66. The SMILES string of the molecule is CN1CCN(CCC2(C)NCC(C)(C)O2)CC1. The van der Waals surface area contributed by atoms with Gasteiger partial charge in [0.2, 0.25) is 0 Å². The lowest BCUT2D eigenvalue weighted by Crippen LogP contribution is -2.47. The molecule has 0 amide bonds. The third kappa shape index (κ3) is 3.65. The molecule has 2 aliphatic rings. The molecule has 2 saturated heterocycles. The molecule has 0 aromatic heterocycles. The molecule has 0 saturated carbocycles. The number of ether oxygens (including phenoxy) is 1. The van der Waals surface area contributed by atoms with E-state index < -0.39 is 0 Å². The van der Waals surface area contributed by atoms with Gasteiger partial charge in [0.25, 0.3) is 0 Å². The lowest BCUT2D eigenvalue weighted by Gasteiger charge is -2.35. The van der Waals surface area contributed by atoms with Crippen molar-refractivity contribution in [1.82, 2.24) is 15.1 Å². The minimum atomic E-state index is -0.132. The predicted octanol–water partition coefficient (Wildman–Crippen LogP) is 0.739. The summed E-state index contributed by atoms with van der Waals surface area (Å²) in [6.07, 6.45) is 1.07. The van der Waals surface area contributed by atoms with Crippen LogP contribution in [0.25, 0.3) is 0 Å². The van der Waals surface area contributed by atoms with Crippen molar-refractivity contribution < 1.29 is 4.74 Å². The minimum absolute atomic E-state index is 0.0170. The first-order chi connectivity index (χ1) is 7.89. The standard InChI is InChI=1S/C13H27N3O/c1-12(2)11-14-13(3,17-12)5-6-16-9-7-15(4)8-10-16/h14H,5-11H2,1-4H3. The van der Waals surface area contributed by atoms with Crippen molar-refractivity contribution in [3.05, 3.63) is 0 Å². The molecule has 4 nitrogen and oxygen atoms in total. The maximum absolute atomic E-state index is 6.10. The highest BCUT2D eigenvalue weighted by Crippen LogP contribution is 2.27. The molecule has 0 spiro atoms. The van der Waals surface area contributed by atoms with Crippen LogP contribution >= 0.6 is 0 Å². The van der Waals surface area contributed by atoms with Gasteiger partial charge in [-0.2, -0.15) is 0 Å². The van der Waals surface area contributed by atoms with E-state index in [0.29, 0.717) is 0 Å². The molecule has 0 bridgehead atoms. The quantitative estimate of drug-likeness (QED) is 0.789. The number of nitrogens with zero attached hydrogens (tertiary/aromatic N) is 2. The second-order valence-corrected chi connectivity index (χ2v) is 6.34. The van der Waals surface area contributed by atoms with E-state index in [4.69, 9.17) is 4.74 Å². The summed E-state index contributed by atoms with van der Waals surface area (Å²) < 4.78 is 6.10. The summed E-state index contributed by atoms with van der Waals surface area (Å²) >= 11 is 0. The van der Waals surface area contributed by atoms with Gasteiger partial charge in [-0.3, -0.25) is 5.32 Å². The molecule has 1 unspecified atom stereocenters. The van der Waals surface area contributed by atoms with E-state index in [1.807, 2.05) is 0 Å². The number of rotatable bonds is 3. The van der Waals surface area contributed by atoms with Gasteiger partial charge in [-0.05, 0) is 27.8 Å². The first kappa shape index (κ1) is 13.3. The summed E-state index contributed by atoms with van der Waals surface area (Å²) in [4.78, 5) is 4.94. The Morgan fingerprint density at radius 3 is 2.29 bits per heavy atom. The Kier molecular flexibility index (Phi) is 3.78. The van der Waals surface area contributed by atoms with Crippen molar-refractivity contribution in [2.24, 2.45) is 0 Å². The van der Waals surface area contributed by atoms with Crippen molar-refractivity contribution in [3.63, 3.8) is 0 Å². The van der Waals surface area contributed by atoms with Gasteiger partial charge in [0.15, 0.2) is 0 Å². The van der Waals surface area contributed by atoms with E-state index in [1.54, 1.807) is 0 Å². The molecule has 0 aromatic rings. The summed E-state index contributed by atoms with van der Waals surface area (Å²) in [5.41, 5.74) is -0.149. The van der Waals surface area contributed by atoms with Gasteiger partial charge in [-0.15, -0.1) is 0 Å². The Balaban J connectivity index is 1.75. The average molecular weight is 241 g/mol. The maximum atomic E-state index is 6.10. The molecule has 0 radical (unpaired) electrons. The van der Waals surface area contributed by atoms with E-state index >= 15 is 0 Å². The summed E-state index contributed by atoms with van der Waals surface area (Å²) in [5.74, 6) is 0. The van der Waals surface area contributed by atoms with Gasteiger partial charge in [-0.1, -0.05) is 0 Å². The van der Waals surface area contributed by atoms with Gasteiger partial charge < -0.3 is 14.5 Å². The van der Waals surface area contributed by atoms with Gasteiger partial charge in [0.05, 0.1) is 5.60 Å². The minimum Gasteiger partial charge on any atom is -0.354 e. The molecule has 0 aliphatic carbocycles. The molecule has 100 valence electrons. The first-order valence-electron chi connectivity index (χ1n) is 6.75. The highest BCUT2D eigenvalue weighted by molar-refractivity contribution is 4.90. The maximum Gasteiger partial charge on any atom is 0.118 e. The number of nitrogens with one attached hydrogen (secondary N) is 1. The van der Waals surface area contributed by atoms with Crippen molar-refractivity contribution in [3.8, 4) is 0 Å². The molecule has 4 heteroatoms. The van der Waals surface area contributed by atoms with Gasteiger partial charge in [0.1, 0.15) is 5.72 Å². The van der Waals surface area contributed by atoms with Gasteiger partial charge in [-0.25, -0.2) is 0 Å². The monoisotopic (exact) mass is 241 g/mol. The molecule has 2 rings (SSSR count). The Morgan fingerprint density at radius 2 is 1.76 bits per heavy atom. The zero-order valence-electron chi connectivity index (χ0n) is 11.8. The number of hydrogen-bond acceptors (Lipinski definition) is 4. The van der Waals surface area contributed by atoms with Crippen LogP contribution in [0.4, 0.5) is 0 Å². The lowest BCUT2D eigenvalue weighted by molar-refractivity contribution is -0.0873. The molecule has 2 heterocycles. The second-order valence-electron chi connectivity index (χ2n) is 6.34. The van der Waals surface area contributed by atoms with Crippen molar-refractivity contribution in [2.75, 3.05) is 46.3 Å². The van der Waals surface area contributed by atoms with Crippen LogP contribution < -0.4 is 5.32 Å². The molecule has 1 atom stereocenters. The molecule has 0 aromatic carbocycles. The van der Waals surface area contributed by atoms with Crippen LogP contribution in [0, 0.1) is 0 Å². The van der Waals surface area contributed by atoms with Crippen LogP contribution in [-0.2, 0) is 4.74 Å². The van der Waals surface area contributed by atoms with E-state index in [9.17, 15) is 0 Å². The van der Waals surface area contributed by atoms with Crippen LogP contribution in [0.15, 0.2) is 0 Å². The number of likely N-dealkylation sites (N-methyl/N-ethyl adjacent to an activating group) is 1. The van der Waals surface area contributed by atoms with Crippen LogP contribution in [-0.4, -0.2) is 67.4 Å². The normalized spacial score (nSPS) is 35.3. The Labute approximate surface area is 105 Å². The van der Waals surface area contributed by atoms with Crippen LogP contribution in [0.1, 0.15) is 27.2 Å². The predicted molar refractivity (Wildman–Crippen MR) is 70.1 cm³/mol. The summed E-state index contributed by atoms with van der Waals surface area (Å²) in [6.45, 7) is 13.3. The molecular formula is C13H27N3O. The highest BCUT2D eigenvalue weighted by Gasteiger charge is 2.40. The third-order valence-corrected chi connectivity index (χ3v) is 3.89. The summed E-state index contributed by atoms with van der Waals surface area (Å²) in [6, 6.07) is 0. The molecule has 17 heavy (non-hydrogen) atoms. The summed E-state index contributed by atoms with van der Waals surface area (Å²) in [5, 5.41) is 3.51. The van der Waals surface area contributed by atoms with E-state index in [-0.39, 0.29) is 11.3 Å². The first-order valence-corrected chi connectivity index (χ1v) is 6.75. The van der Waals surface area contributed by atoms with Gasteiger partial charge >= 0.3 is 0 Å². The van der Waals surface area contributed by atoms with E-state index in [0.717, 1.165) is 19.5 Å². The Bertz CT molecular complexity index is 261. The zero-order chi connectivity index (χ0) is 12.5. The smallest absolute Gasteiger partial charge is 0.118 e. The number of piperazine rings is 1.